The first-order valence-corrected chi connectivity index (χ1v) is 8.49. The van der Waals surface area contributed by atoms with E-state index in [9.17, 15) is 9.90 Å². The number of rotatable bonds is 4. The highest BCUT2D eigenvalue weighted by molar-refractivity contribution is 5.94. The third-order valence-electron chi connectivity index (χ3n) is 4.72. The van der Waals surface area contributed by atoms with E-state index in [2.05, 4.69) is 10.3 Å². The van der Waals surface area contributed by atoms with Crippen LogP contribution in [0.2, 0.25) is 0 Å². The van der Waals surface area contributed by atoms with Crippen molar-refractivity contribution in [2.45, 2.75) is 12.3 Å². The maximum Gasteiger partial charge on any atom is 0.226 e. The van der Waals surface area contributed by atoms with Crippen molar-refractivity contribution in [2.24, 2.45) is 0 Å². The van der Waals surface area contributed by atoms with Crippen LogP contribution in [0.15, 0.2) is 48.8 Å². The maximum atomic E-state index is 12.4. The lowest BCUT2D eigenvalue weighted by Crippen LogP contribution is -2.25. The molecule has 4 rings (SSSR count). The first-order valence-electron chi connectivity index (χ1n) is 8.49. The lowest BCUT2D eigenvalue weighted by Gasteiger charge is -2.23. The molecule has 1 atom stereocenters. The van der Waals surface area contributed by atoms with Crippen LogP contribution in [-0.2, 0) is 4.79 Å². The molecule has 0 fully saturated rings. The number of anilines is 1. The van der Waals surface area contributed by atoms with Crippen molar-refractivity contribution in [3.8, 4) is 22.9 Å². The van der Waals surface area contributed by atoms with Gasteiger partial charge in [-0.3, -0.25) is 9.36 Å². The number of benzene rings is 2. The van der Waals surface area contributed by atoms with E-state index in [1.165, 1.54) is 0 Å². The van der Waals surface area contributed by atoms with Crippen molar-refractivity contribution in [1.82, 2.24) is 9.55 Å². The molecule has 2 aromatic carbocycles. The number of phenols is 1. The Labute approximate surface area is 156 Å². The van der Waals surface area contributed by atoms with Gasteiger partial charge in [0, 0.05) is 18.4 Å². The number of methoxy groups -OCH3 is 2. The molecule has 1 aliphatic rings. The normalized spacial score (nSPS) is 15.8. The molecule has 0 unspecified atom stereocenters. The van der Waals surface area contributed by atoms with Gasteiger partial charge in [-0.2, -0.15) is 0 Å². The Morgan fingerprint density at radius 2 is 1.93 bits per heavy atom. The van der Waals surface area contributed by atoms with Crippen LogP contribution in [-0.4, -0.2) is 34.8 Å². The van der Waals surface area contributed by atoms with Crippen LogP contribution >= 0.6 is 0 Å². The number of hydrogen-bond donors (Lipinski definition) is 2. The van der Waals surface area contributed by atoms with Gasteiger partial charge in [0.05, 0.1) is 25.6 Å². The fourth-order valence-electron chi connectivity index (χ4n) is 3.36. The Kier molecular flexibility index (Phi) is 4.19. The SMILES string of the molecule is COc1ccc(-n2cnc3c2NC(=O)C[C@H]3c2ccc(O)cc2)c(OC)c1. The molecular weight excluding hydrogens is 346 g/mol. The summed E-state index contributed by atoms with van der Waals surface area (Å²) in [6, 6.07) is 12.3. The summed E-state index contributed by atoms with van der Waals surface area (Å²) in [5.74, 6) is 1.82. The molecule has 3 aromatic rings. The van der Waals surface area contributed by atoms with Crippen LogP contribution < -0.4 is 14.8 Å². The predicted octanol–water partition coefficient (Wildman–Crippen LogP) is 3.07. The zero-order valence-corrected chi connectivity index (χ0v) is 15.0. The summed E-state index contributed by atoms with van der Waals surface area (Å²) in [6.45, 7) is 0. The van der Waals surface area contributed by atoms with E-state index in [1.807, 2.05) is 24.3 Å². The van der Waals surface area contributed by atoms with E-state index < -0.39 is 0 Å². The van der Waals surface area contributed by atoms with Crippen molar-refractivity contribution in [1.29, 1.82) is 0 Å². The van der Waals surface area contributed by atoms with E-state index in [4.69, 9.17) is 9.47 Å². The second-order valence-corrected chi connectivity index (χ2v) is 6.28. The van der Waals surface area contributed by atoms with Gasteiger partial charge in [0.1, 0.15) is 29.4 Å². The Morgan fingerprint density at radius 3 is 2.63 bits per heavy atom. The summed E-state index contributed by atoms with van der Waals surface area (Å²) in [6.07, 6.45) is 1.97. The third kappa shape index (κ3) is 2.97. The zero-order chi connectivity index (χ0) is 19.0. The minimum atomic E-state index is -0.181. The molecule has 7 nitrogen and oxygen atoms in total. The number of fused-ring (bicyclic) bond motifs is 1. The van der Waals surface area contributed by atoms with E-state index >= 15 is 0 Å². The number of imidazole rings is 1. The summed E-state index contributed by atoms with van der Waals surface area (Å²) in [5.41, 5.74) is 2.45. The number of nitrogens with zero attached hydrogens (tertiary/aromatic N) is 2. The molecular formula is C20H19N3O4. The Balaban J connectivity index is 1.81. The zero-order valence-electron chi connectivity index (χ0n) is 15.0. The number of amides is 1. The Bertz CT molecular complexity index is 995. The quantitative estimate of drug-likeness (QED) is 0.742. The molecule has 0 aliphatic carbocycles. The summed E-state index contributed by atoms with van der Waals surface area (Å²) < 4.78 is 12.5. The van der Waals surface area contributed by atoms with Gasteiger partial charge in [-0.05, 0) is 29.8 Å². The molecule has 2 N–H and O–H groups in total. The second kappa shape index (κ2) is 6.68. The molecule has 27 heavy (non-hydrogen) atoms. The predicted molar refractivity (Wildman–Crippen MR) is 99.9 cm³/mol. The van der Waals surface area contributed by atoms with Crippen LogP contribution in [0, 0.1) is 0 Å². The van der Waals surface area contributed by atoms with Crippen molar-refractivity contribution < 1.29 is 19.4 Å². The van der Waals surface area contributed by atoms with E-state index in [-0.39, 0.29) is 17.6 Å². The number of phenolic OH excluding ortho intramolecular Hbond substituents is 1. The van der Waals surface area contributed by atoms with Crippen LogP contribution in [0.25, 0.3) is 5.69 Å². The second-order valence-electron chi connectivity index (χ2n) is 6.28. The lowest BCUT2D eigenvalue weighted by atomic mass is 9.90. The van der Waals surface area contributed by atoms with Gasteiger partial charge < -0.3 is 19.9 Å². The summed E-state index contributed by atoms with van der Waals surface area (Å²) >= 11 is 0. The first kappa shape index (κ1) is 17.0. The molecule has 0 saturated carbocycles. The number of aromatic nitrogens is 2. The molecule has 1 aromatic heterocycles. The van der Waals surface area contributed by atoms with Gasteiger partial charge in [0.25, 0.3) is 0 Å². The monoisotopic (exact) mass is 365 g/mol. The van der Waals surface area contributed by atoms with Gasteiger partial charge in [0.2, 0.25) is 5.91 Å². The molecule has 1 amide bonds. The van der Waals surface area contributed by atoms with Gasteiger partial charge in [0.15, 0.2) is 0 Å². The van der Waals surface area contributed by atoms with Gasteiger partial charge in [-0.1, -0.05) is 12.1 Å². The van der Waals surface area contributed by atoms with Crippen molar-refractivity contribution in [3.63, 3.8) is 0 Å². The molecule has 1 aliphatic heterocycles. The lowest BCUT2D eigenvalue weighted by molar-refractivity contribution is -0.116. The van der Waals surface area contributed by atoms with Crippen molar-refractivity contribution in [3.05, 3.63) is 60.0 Å². The van der Waals surface area contributed by atoms with Gasteiger partial charge in [-0.15, -0.1) is 0 Å². The third-order valence-corrected chi connectivity index (χ3v) is 4.72. The highest BCUT2D eigenvalue weighted by Crippen LogP contribution is 2.39. The van der Waals surface area contributed by atoms with E-state index in [0.717, 1.165) is 16.9 Å². The van der Waals surface area contributed by atoms with E-state index in [0.29, 0.717) is 23.7 Å². The fraction of sp³-hybridized carbons (Fsp3) is 0.200. The highest BCUT2D eigenvalue weighted by atomic mass is 16.5. The molecule has 2 heterocycles. The smallest absolute Gasteiger partial charge is 0.226 e. The molecule has 0 radical (unpaired) electrons. The summed E-state index contributed by atoms with van der Waals surface area (Å²) in [7, 11) is 3.18. The Hall–Kier alpha value is -3.48. The molecule has 138 valence electrons. The minimum absolute atomic E-state index is 0.0881. The molecule has 7 heteroatoms. The van der Waals surface area contributed by atoms with Crippen LogP contribution in [0.5, 0.6) is 17.2 Å². The number of ether oxygens (including phenoxy) is 2. The van der Waals surface area contributed by atoms with Crippen LogP contribution in [0.4, 0.5) is 5.82 Å². The molecule has 0 bridgehead atoms. The van der Waals surface area contributed by atoms with Gasteiger partial charge >= 0.3 is 0 Å². The average Bonchev–Trinajstić information content (AvgIpc) is 3.11. The topological polar surface area (TPSA) is 85.6 Å². The van der Waals surface area contributed by atoms with E-state index in [1.54, 1.807) is 43.3 Å². The number of nitrogens with one attached hydrogen (secondary N) is 1. The fourth-order valence-corrected chi connectivity index (χ4v) is 3.36. The molecule has 0 saturated heterocycles. The van der Waals surface area contributed by atoms with Crippen LogP contribution in [0.3, 0.4) is 0 Å². The number of carbonyl (C=O) groups is 1. The first-order chi connectivity index (χ1) is 13.1. The summed E-state index contributed by atoms with van der Waals surface area (Å²) in [5, 5.41) is 12.5. The van der Waals surface area contributed by atoms with Crippen molar-refractivity contribution >= 4 is 11.7 Å². The largest absolute Gasteiger partial charge is 0.508 e. The number of carbonyl (C=O) groups excluding carboxylic acids is 1. The average molecular weight is 365 g/mol. The number of hydrogen-bond acceptors (Lipinski definition) is 5. The summed E-state index contributed by atoms with van der Waals surface area (Å²) in [4.78, 5) is 16.9. The van der Waals surface area contributed by atoms with Gasteiger partial charge in [-0.25, -0.2) is 4.98 Å². The minimum Gasteiger partial charge on any atom is -0.508 e. The Morgan fingerprint density at radius 1 is 1.15 bits per heavy atom. The highest BCUT2D eigenvalue weighted by Gasteiger charge is 2.31. The standard InChI is InChI=1S/C20H19N3O4/c1-26-14-7-8-16(17(9-14)27-2)23-11-21-19-15(10-18(25)22-20(19)23)12-3-5-13(24)6-4-12/h3-9,11,15,24H,10H2,1-2H3,(H,22,25)/t15-/m0/s1. The van der Waals surface area contributed by atoms with Crippen LogP contribution in [0.1, 0.15) is 23.6 Å². The van der Waals surface area contributed by atoms with Crippen molar-refractivity contribution in [2.75, 3.05) is 19.5 Å². The number of aromatic hydroxyl groups is 1. The maximum absolute atomic E-state index is 12.4. The molecule has 0 spiro atoms.